The molecule has 1 aromatic rings. The zero-order valence-corrected chi connectivity index (χ0v) is 11.5. The molecule has 0 atom stereocenters. The summed E-state index contributed by atoms with van der Waals surface area (Å²) in [5.41, 5.74) is 5.96. The highest BCUT2D eigenvalue weighted by Gasteiger charge is 2.21. The highest BCUT2D eigenvalue weighted by molar-refractivity contribution is 6.35. The average Bonchev–Trinajstić information content (AvgIpc) is 2.43. The van der Waals surface area contributed by atoms with Gasteiger partial charge in [-0.3, -0.25) is 0 Å². The minimum Gasteiger partial charge on any atom is -0.473 e. The molecule has 0 amide bonds. The van der Waals surface area contributed by atoms with Crippen molar-refractivity contribution in [1.29, 1.82) is 0 Å². The van der Waals surface area contributed by atoms with Crippen molar-refractivity contribution < 1.29 is 9.94 Å². The van der Waals surface area contributed by atoms with Gasteiger partial charge in [0.15, 0.2) is 5.84 Å². The molecular formula is C12H17ClN4O2. The van der Waals surface area contributed by atoms with Crippen LogP contribution in [0.25, 0.3) is 0 Å². The molecule has 2 rings (SSSR count). The number of rotatable bonds is 3. The Kier molecular flexibility index (Phi) is 4.44. The standard InChI is InChI=1S/C12H17ClN4O2/c1-17-6-3-8(4-7-17)19-12-10(13)9(2-5-15-12)11(14)16-18/h2,5,8,18H,3-4,6-7H2,1H3,(H2,14,16). The highest BCUT2D eigenvalue weighted by Crippen LogP contribution is 2.27. The Morgan fingerprint density at radius 3 is 2.89 bits per heavy atom. The third-order valence-electron chi connectivity index (χ3n) is 3.18. The molecule has 0 saturated carbocycles. The molecule has 19 heavy (non-hydrogen) atoms. The lowest BCUT2D eigenvalue weighted by molar-refractivity contribution is 0.110. The van der Waals surface area contributed by atoms with Gasteiger partial charge in [-0.1, -0.05) is 16.8 Å². The average molecular weight is 285 g/mol. The van der Waals surface area contributed by atoms with Gasteiger partial charge in [0.1, 0.15) is 11.1 Å². The Hall–Kier alpha value is -1.53. The van der Waals surface area contributed by atoms with Gasteiger partial charge in [0.25, 0.3) is 0 Å². The Balaban J connectivity index is 2.13. The van der Waals surface area contributed by atoms with E-state index in [-0.39, 0.29) is 17.0 Å². The molecule has 2 heterocycles. The highest BCUT2D eigenvalue weighted by atomic mass is 35.5. The summed E-state index contributed by atoms with van der Waals surface area (Å²) in [7, 11) is 2.08. The Bertz CT molecular complexity index is 473. The smallest absolute Gasteiger partial charge is 0.233 e. The molecule has 1 aliphatic rings. The van der Waals surface area contributed by atoms with Crippen molar-refractivity contribution in [2.75, 3.05) is 20.1 Å². The van der Waals surface area contributed by atoms with E-state index in [2.05, 4.69) is 22.1 Å². The first-order valence-electron chi connectivity index (χ1n) is 6.09. The third kappa shape index (κ3) is 3.27. The second kappa shape index (κ2) is 6.08. The quantitative estimate of drug-likeness (QED) is 0.378. The fourth-order valence-corrected chi connectivity index (χ4v) is 2.27. The number of amidine groups is 1. The number of aromatic nitrogens is 1. The fourth-order valence-electron chi connectivity index (χ4n) is 2.02. The first-order chi connectivity index (χ1) is 9.11. The van der Waals surface area contributed by atoms with Crippen molar-refractivity contribution >= 4 is 17.4 Å². The van der Waals surface area contributed by atoms with Crippen LogP contribution in [0.4, 0.5) is 0 Å². The molecule has 0 spiro atoms. The van der Waals surface area contributed by atoms with Crippen molar-refractivity contribution in [2.45, 2.75) is 18.9 Å². The molecule has 1 aromatic heterocycles. The van der Waals surface area contributed by atoms with Gasteiger partial charge in [0, 0.05) is 24.8 Å². The molecule has 0 aliphatic carbocycles. The number of hydrogen-bond donors (Lipinski definition) is 2. The molecule has 104 valence electrons. The number of nitrogens with zero attached hydrogens (tertiary/aromatic N) is 3. The number of ether oxygens (including phenoxy) is 1. The molecule has 0 aromatic carbocycles. The SMILES string of the molecule is CN1CCC(Oc2nccc(/C(N)=N/O)c2Cl)CC1. The van der Waals surface area contributed by atoms with E-state index < -0.39 is 0 Å². The molecule has 0 unspecified atom stereocenters. The maximum Gasteiger partial charge on any atom is 0.233 e. The Morgan fingerprint density at radius 1 is 1.58 bits per heavy atom. The predicted molar refractivity (Wildman–Crippen MR) is 72.9 cm³/mol. The molecular weight excluding hydrogens is 268 g/mol. The van der Waals surface area contributed by atoms with Gasteiger partial charge in [-0.25, -0.2) is 4.98 Å². The van der Waals surface area contributed by atoms with Gasteiger partial charge in [-0.15, -0.1) is 0 Å². The molecule has 1 aliphatic heterocycles. The van der Waals surface area contributed by atoms with Crippen molar-refractivity contribution in [1.82, 2.24) is 9.88 Å². The maximum absolute atomic E-state index is 8.69. The van der Waals surface area contributed by atoms with Crippen molar-refractivity contribution in [3.63, 3.8) is 0 Å². The van der Waals surface area contributed by atoms with Gasteiger partial charge in [-0.05, 0) is 26.0 Å². The zero-order valence-electron chi connectivity index (χ0n) is 10.7. The van der Waals surface area contributed by atoms with Crippen LogP contribution >= 0.6 is 11.6 Å². The summed E-state index contributed by atoms with van der Waals surface area (Å²) >= 11 is 6.16. The van der Waals surface area contributed by atoms with E-state index in [1.165, 1.54) is 6.20 Å². The summed E-state index contributed by atoms with van der Waals surface area (Å²) < 4.78 is 5.81. The van der Waals surface area contributed by atoms with Gasteiger partial charge < -0.3 is 20.6 Å². The number of nitrogens with two attached hydrogens (primary N) is 1. The predicted octanol–water partition coefficient (Wildman–Crippen LogP) is 1.30. The lowest BCUT2D eigenvalue weighted by atomic mass is 10.1. The van der Waals surface area contributed by atoms with Crippen LogP contribution < -0.4 is 10.5 Å². The van der Waals surface area contributed by atoms with Crippen LogP contribution in [0.5, 0.6) is 5.88 Å². The lowest BCUT2D eigenvalue weighted by Gasteiger charge is -2.29. The first-order valence-corrected chi connectivity index (χ1v) is 6.47. The van der Waals surface area contributed by atoms with Crippen LogP contribution in [0.3, 0.4) is 0 Å². The maximum atomic E-state index is 8.69. The van der Waals surface area contributed by atoms with Gasteiger partial charge in [0.2, 0.25) is 5.88 Å². The fraction of sp³-hybridized carbons (Fsp3) is 0.500. The largest absolute Gasteiger partial charge is 0.473 e. The molecule has 1 saturated heterocycles. The van der Waals surface area contributed by atoms with Gasteiger partial charge in [0.05, 0.1) is 0 Å². The summed E-state index contributed by atoms with van der Waals surface area (Å²) in [6.07, 6.45) is 3.50. The summed E-state index contributed by atoms with van der Waals surface area (Å²) in [6, 6.07) is 1.58. The number of likely N-dealkylation sites (tertiary alicyclic amines) is 1. The minimum atomic E-state index is -0.0550. The molecule has 7 heteroatoms. The van der Waals surface area contributed by atoms with Crippen molar-refractivity contribution in [2.24, 2.45) is 10.9 Å². The van der Waals surface area contributed by atoms with Crippen molar-refractivity contribution in [3.8, 4) is 5.88 Å². The summed E-state index contributed by atoms with van der Waals surface area (Å²) in [6.45, 7) is 1.98. The summed E-state index contributed by atoms with van der Waals surface area (Å²) in [5.74, 6) is 0.279. The van der Waals surface area contributed by atoms with Gasteiger partial charge >= 0.3 is 0 Å². The monoisotopic (exact) mass is 284 g/mol. The van der Waals surface area contributed by atoms with E-state index in [1.807, 2.05) is 0 Å². The van der Waals surface area contributed by atoms with Gasteiger partial charge in [-0.2, -0.15) is 0 Å². The zero-order chi connectivity index (χ0) is 13.8. The van der Waals surface area contributed by atoms with Crippen LogP contribution in [-0.4, -0.2) is 47.2 Å². The number of hydrogen-bond acceptors (Lipinski definition) is 5. The van der Waals surface area contributed by atoms with Crippen LogP contribution in [0.15, 0.2) is 17.4 Å². The molecule has 6 nitrogen and oxygen atoms in total. The van der Waals surface area contributed by atoms with E-state index in [4.69, 9.17) is 27.3 Å². The number of oxime groups is 1. The van der Waals surface area contributed by atoms with E-state index >= 15 is 0 Å². The Morgan fingerprint density at radius 2 is 2.26 bits per heavy atom. The molecule has 1 fully saturated rings. The van der Waals surface area contributed by atoms with Crippen LogP contribution in [0, 0.1) is 0 Å². The second-order valence-electron chi connectivity index (χ2n) is 4.58. The summed E-state index contributed by atoms with van der Waals surface area (Å²) in [4.78, 5) is 6.36. The molecule has 0 radical (unpaired) electrons. The van der Waals surface area contributed by atoms with E-state index in [0.717, 1.165) is 25.9 Å². The minimum absolute atomic E-state index is 0.0550. The van der Waals surface area contributed by atoms with E-state index in [9.17, 15) is 0 Å². The number of halogens is 1. The third-order valence-corrected chi connectivity index (χ3v) is 3.55. The Labute approximate surface area is 116 Å². The second-order valence-corrected chi connectivity index (χ2v) is 4.96. The van der Waals surface area contributed by atoms with Crippen LogP contribution in [0.1, 0.15) is 18.4 Å². The first kappa shape index (κ1) is 13.9. The number of piperidine rings is 1. The number of pyridine rings is 1. The van der Waals surface area contributed by atoms with Crippen molar-refractivity contribution in [3.05, 3.63) is 22.8 Å². The topological polar surface area (TPSA) is 84.0 Å². The van der Waals surface area contributed by atoms with Crippen LogP contribution in [-0.2, 0) is 0 Å². The molecule has 3 N–H and O–H groups in total. The van der Waals surface area contributed by atoms with E-state index in [0.29, 0.717) is 11.4 Å². The van der Waals surface area contributed by atoms with Crippen LogP contribution in [0.2, 0.25) is 5.02 Å². The normalized spacial score (nSPS) is 18.5. The lowest BCUT2D eigenvalue weighted by Crippen LogP contribution is -2.35. The molecule has 0 bridgehead atoms. The van der Waals surface area contributed by atoms with E-state index in [1.54, 1.807) is 6.07 Å². The summed E-state index contributed by atoms with van der Waals surface area (Å²) in [5, 5.41) is 11.9.